The zero-order chi connectivity index (χ0) is 29.1. The van der Waals surface area contributed by atoms with Crippen LogP contribution < -0.4 is 0 Å². The third-order valence-corrected chi connectivity index (χ3v) is 17.6. The van der Waals surface area contributed by atoms with E-state index in [-0.39, 0.29) is 28.4 Å². The number of esters is 2. The van der Waals surface area contributed by atoms with E-state index in [1.165, 1.54) is 7.11 Å². The van der Waals surface area contributed by atoms with Gasteiger partial charge in [0, 0.05) is 13.5 Å². The smallest absolute Gasteiger partial charge is 0.309 e. The molecular weight excluding hydrogens is 508 g/mol. The minimum Gasteiger partial charge on any atom is -0.469 e. The Bertz CT molecular complexity index is 771. The Hall–Kier alpha value is -0.786. The predicted octanol–water partition coefficient (Wildman–Crippen LogP) is 5.91. The first-order chi connectivity index (χ1) is 16.6. The first kappa shape index (κ1) is 34.2. The normalized spacial score (nSPS) is 27.4. The second-order valence-corrected chi connectivity index (χ2v) is 23.1. The molecule has 1 rings (SSSR count). The Morgan fingerprint density at radius 1 is 0.838 bits per heavy atom. The summed E-state index contributed by atoms with van der Waals surface area (Å²) in [5.74, 6) is -1.51. The molecule has 10 heteroatoms. The monoisotopic (exact) mass is 562 g/mol. The highest BCUT2D eigenvalue weighted by Gasteiger charge is 2.54. The van der Waals surface area contributed by atoms with Gasteiger partial charge in [-0.25, -0.2) is 0 Å². The zero-order valence-electron chi connectivity index (χ0n) is 26.0. The van der Waals surface area contributed by atoms with Crippen molar-refractivity contribution in [3.8, 4) is 0 Å². The minimum atomic E-state index is -2.32. The average Bonchev–Trinajstić information content (AvgIpc) is 2.74. The van der Waals surface area contributed by atoms with Crippen molar-refractivity contribution >= 4 is 28.6 Å². The number of rotatable bonds is 10. The van der Waals surface area contributed by atoms with Crippen molar-refractivity contribution in [3.63, 3.8) is 0 Å². The van der Waals surface area contributed by atoms with Gasteiger partial charge in [-0.15, -0.1) is 0 Å². The summed E-state index contributed by atoms with van der Waals surface area (Å²) in [6, 6.07) is 0. The van der Waals surface area contributed by atoms with Crippen LogP contribution in [0.5, 0.6) is 0 Å². The first-order valence-electron chi connectivity index (χ1n) is 13.4. The fourth-order valence-electron chi connectivity index (χ4n) is 3.62. The molecule has 0 aromatic rings. The van der Waals surface area contributed by atoms with Crippen LogP contribution in [0.25, 0.3) is 0 Å². The van der Waals surface area contributed by atoms with Crippen LogP contribution in [-0.2, 0) is 37.4 Å². The van der Waals surface area contributed by atoms with Crippen molar-refractivity contribution in [3.05, 3.63) is 0 Å². The van der Waals surface area contributed by atoms with Gasteiger partial charge >= 0.3 is 11.9 Å². The van der Waals surface area contributed by atoms with E-state index in [0.29, 0.717) is 0 Å². The van der Waals surface area contributed by atoms with E-state index in [1.54, 1.807) is 14.0 Å². The Balaban J connectivity index is 3.45. The Labute approximate surface area is 227 Å². The molecule has 0 bridgehead atoms. The molecule has 0 N–H and O–H groups in total. The maximum absolute atomic E-state index is 13.3. The van der Waals surface area contributed by atoms with Gasteiger partial charge in [-0.05, 0) is 49.1 Å². The number of methoxy groups -OCH3 is 2. The molecule has 0 aromatic heterocycles. The van der Waals surface area contributed by atoms with E-state index in [4.69, 9.17) is 27.8 Å². The van der Waals surface area contributed by atoms with E-state index < -0.39 is 59.2 Å². The van der Waals surface area contributed by atoms with Crippen molar-refractivity contribution in [1.29, 1.82) is 0 Å². The fraction of sp³-hybridized carbons (Fsp3) is 0.926. The van der Waals surface area contributed by atoms with Crippen molar-refractivity contribution in [2.45, 2.75) is 136 Å². The summed E-state index contributed by atoms with van der Waals surface area (Å²) in [5.41, 5.74) is 0. The molecule has 1 heterocycles. The van der Waals surface area contributed by atoms with Gasteiger partial charge < -0.3 is 27.8 Å². The van der Waals surface area contributed by atoms with E-state index in [1.807, 2.05) is 13.8 Å². The quantitative estimate of drug-likeness (QED) is 0.240. The van der Waals surface area contributed by atoms with Crippen LogP contribution in [-0.4, -0.2) is 73.5 Å². The summed E-state index contributed by atoms with van der Waals surface area (Å²) in [7, 11) is -1.66. The molecule has 0 radical (unpaired) electrons. The maximum atomic E-state index is 13.3. The number of hydrogen-bond acceptors (Lipinski definition) is 8. The lowest BCUT2D eigenvalue weighted by Gasteiger charge is -2.51. The molecule has 1 aliphatic rings. The van der Waals surface area contributed by atoms with Crippen molar-refractivity contribution < 1.29 is 37.4 Å². The number of ether oxygens (including phenoxy) is 4. The molecule has 7 atom stereocenters. The second-order valence-electron chi connectivity index (χ2n) is 13.6. The van der Waals surface area contributed by atoms with Gasteiger partial charge in [-0.2, -0.15) is 0 Å². The second kappa shape index (κ2) is 12.6. The van der Waals surface area contributed by atoms with Crippen LogP contribution in [0.3, 0.4) is 0 Å². The minimum absolute atomic E-state index is 0.0557. The number of carbonyl (C=O) groups is 2. The molecule has 8 nitrogen and oxygen atoms in total. The van der Waals surface area contributed by atoms with Gasteiger partial charge in [0.2, 0.25) is 0 Å². The largest absolute Gasteiger partial charge is 0.469 e. The lowest BCUT2D eigenvalue weighted by atomic mass is 9.92. The van der Waals surface area contributed by atoms with Gasteiger partial charge in [0.25, 0.3) is 0 Å². The summed E-state index contributed by atoms with van der Waals surface area (Å²) >= 11 is 0. The van der Waals surface area contributed by atoms with Crippen LogP contribution in [0.15, 0.2) is 0 Å². The molecule has 0 spiro atoms. The highest BCUT2D eigenvalue weighted by molar-refractivity contribution is 6.74. The molecule has 0 amide bonds. The maximum Gasteiger partial charge on any atom is 0.309 e. The van der Waals surface area contributed by atoms with E-state index in [9.17, 15) is 9.59 Å². The van der Waals surface area contributed by atoms with Crippen LogP contribution in [0, 0.1) is 11.8 Å². The molecule has 0 aromatic carbocycles. The molecule has 0 aliphatic carbocycles. The van der Waals surface area contributed by atoms with Crippen LogP contribution >= 0.6 is 0 Å². The SMILES string of the molecule is COC(=O)C[C@H](C)[C@H](C)C(=O)O[C@H]1[C@H](O[Si](C)(C)C(C)(C)C)[C@@H](O[Si](C)(C)C(C)(C)C)[C@@H](OC)O[C@@H]1C. The molecule has 1 saturated heterocycles. The molecule has 37 heavy (non-hydrogen) atoms. The molecule has 0 saturated carbocycles. The third-order valence-electron chi connectivity index (χ3n) is 8.63. The Morgan fingerprint density at radius 3 is 1.70 bits per heavy atom. The van der Waals surface area contributed by atoms with Crippen LogP contribution in [0.4, 0.5) is 0 Å². The zero-order valence-corrected chi connectivity index (χ0v) is 28.0. The lowest BCUT2D eigenvalue weighted by Crippen LogP contribution is -2.65. The molecule has 1 aliphatic heterocycles. The molecule has 218 valence electrons. The lowest BCUT2D eigenvalue weighted by molar-refractivity contribution is -0.283. The standard InChI is InChI=1S/C27H54O8Si2/c1-17(16-20(28)30-10)18(2)24(29)33-21-19(3)32-25(31-11)23(35-37(14,15)27(7,8)9)22(21)34-36(12,13)26(4,5)6/h17-19,21-23,25H,16H2,1-15H3/t17-,18-,19+,21+,22-,23+,25-/m0/s1. The van der Waals surface area contributed by atoms with Gasteiger partial charge in [0.15, 0.2) is 29.0 Å². The number of hydrogen-bond donors (Lipinski definition) is 0. The highest BCUT2D eigenvalue weighted by Crippen LogP contribution is 2.43. The van der Waals surface area contributed by atoms with Crippen LogP contribution in [0.2, 0.25) is 36.3 Å². The van der Waals surface area contributed by atoms with Gasteiger partial charge in [0.1, 0.15) is 12.2 Å². The summed E-state index contributed by atoms with van der Waals surface area (Å²) in [6.45, 7) is 27.3. The van der Waals surface area contributed by atoms with E-state index in [2.05, 4.69) is 67.7 Å². The van der Waals surface area contributed by atoms with Gasteiger partial charge in [-0.3, -0.25) is 9.59 Å². The summed E-state index contributed by atoms with van der Waals surface area (Å²) in [5, 5.41) is -0.130. The predicted molar refractivity (Wildman–Crippen MR) is 150 cm³/mol. The Kier molecular flexibility index (Phi) is 11.7. The van der Waals surface area contributed by atoms with Gasteiger partial charge in [0.05, 0.1) is 19.1 Å². The molecular formula is C27H54O8Si2. The summed E-state index contributed by atoms with van der Waals surface area (Å²) < 4.78 is 36.8. The average molecular weight is 563 g/mol. The topological polar surface area (TPSA) is 89.5 Å². The summed E-state index contributed by atoms with van der Waals surface area (Å²) in [6.07, 6.45) is -2.85. The number of carbonyl (C=O) groups excluding carboxylic acids is 2. The Morgan fingerprint density at radius 2 is 1.30 bits per heavy atom. The van der Waals surface area contributed by atoms with E-state index in [0.717, 1.165) is 0 Å². The van der Waals surface area contributed by atoms with Crippen molar-refractivity contribution in [1.82, 2.24) is 0 Å². The van der Waals surface area contributed by atoms with E-state index >= 15 is 0 Å². The summed E-state index contributed by atoms with van der Waals surface area (Å²) in [4.78, 5) is 25.1. The van der Waals surface area contributed by atoms with Crippen molar-refractivity contribution in [2.75, 3.05) is 14.2 Å². The van der Waals surface area contributed by atoms with Crippen molar-refractivity contribution in [2.24, 2.45) is 11.8 Å². The van der Waals surface area contributed by atoms with Gasteiger partial charge in [-0.1, -0.05) is 55.4 Å². The molecule has 0 unspecified atom stereocenters. The fourth-order valence-corrected chi connectivity index (χ4v) is 6.20. The van der Waals surface area contributed by atoms with Crippen LogP contribution in [0.1, 0.15) is 68.7 Å². The first-order valence-corrected chi connectivity index (χ1v) is 19.2. The highest BCUT2D eigenvalue weighted by atomic mass is 28.4. The molecule has 1 fully saturated rings. The third kappa shape index (κ3) is 8.60.